The second kappa shape index (κ2) is 8.30. The zero-order valence-electron chi connectivity index (χ0n) is 13.1. The SMILES string of the molecule is O=C(CC(O)c1ccccc1)NCC1(CCO)CCCCC1. The Morgan fingerprint density at radius 3 is 2.50 bits per heavy atom. The maximum atomic E-state index is 12.1. The summed E-state index contributed by atoms with van der Waals surface area (Å²) in [4.78, 5) is 12.1. The lowest BCUT2D eigenvalue weighted by Crippen LogP contribution is -2.40. The highest BCUT2D eigenvalue weighted by atomic mass is 16.3. The number of benzene rings is 1. The van der Waals surface area contributed by atoms with Crippen LogP contribution in [0.2, 0.25) is 0 Å². The van der Waals surface area contributed by atoms with Gasteiger partial charge in [0.1, 0.15) is 0 Å². The standard InChI is InChI=1S/C18H27NO3/c20-12-11-18(9-5-2-6-10-18)14-19-17(22)13-16(21)15-7-3-1-4-8-15/h1,3-4,7-8,16,20-21H,2,5-6,9-14H2,(H,19,22). The van der Waals surface area contributed by atoms with Gasteiger partial charge in [0, 0.05) is 13.2 Å². The van der Waals surface area contributed by atoms with Gasteiger partial charge in [-0.15, -0.1) is 0 Å². The van der Waals surface area contributed by atoms with Crippen molar-refractivity contribution in [3.63, 3.8) is 0 Å². The summed E-state index contributed by atoms with van der Waals surface area (Å²) in [6.45, 7) is 0.774. The van der Waals surface area contributed by atoms with E-state index in [2.05, 4.69) is 5.32 Å². The third-order valence-corrected chi connectivity index (χ3v) is 4.78. The number of carbonyl (C=O) groups is 1. The van der Waals surface area contributed by atoms with E-state index in [1.165, 1.54) is 19.3 Å². The number of aliphatic hydroxyl groups is 2. The molecule has 1 amide bonds. The first-order chi connectivity index (χ1) is 10.7. The maximum Gasteiger partial charge on any atom is 0.222 e. The van der Waals surface area contributed by atoms with Crippen molar-refractivity contribution in [3.05, 3.63) is 35.9 Å². The van der Waals surface area contributed by atoms with E-state index in [0.29, 0.717) is 6.54 Å². The van der Waals surface area contributed by atoms with Gasteiger partial charge in [-0.05, 0) is 30.2 Å². The van der Waals surface area contributed by atoms with Crippen molar-refractivity contribution in [2.75, 3.05) is 13.2 Å². The van der Waals surface area contributed by atoms with Gasteiger partial charge in [-0.2, -0.15) is 0 Å². The molecule has 0 radical (unpaired) electrons. The van der Waals surface area contributed by atoms with Gasteiger partial charge in [0.25, 0.3) is 0 Å². The Kier molecular flexibility index (Phi) is 6.40. The number of amides is 1. The van der Waals surface area contributed by atoms with Crippen LogP contribution in [0.5, 0.6) is 0 Å². The lowest BCUT2D eigenvalue weighted by atomic mass is 9.72. The Morgan fingerprint density at radius 1 is 1.18 bits per heavy atom. The predicted molar refractivity (Wildman–Crippen MR) is 86.2 cm³/mol. The summed E-state index contributed by atoms with van der Waals surface area (Å²) >= 11 is 0. The molecule has 1 unspecified atom stereocenters. The van der Waals surface area contributed by atoms with Crippen molar-refractivity contribution in [1.82, 2.24) is 5.32 Å². The third-order valence-electron chi connectivity index (χ3n) is 4.78. The monoisotopic (exact) mass is 305 g/mol. The van der Waals surface area contributed by atoms with Crippen LogP contribution in [-0.2, 0) is 4.79 Å². The zero-order valence-corrected chi connectivity index (χ0v) is 13.1. The van der Waals surface area contributed by atoms with E-state index in [4.69, 9.17) is 0 Å². The molecule has 1 aliphatic carbocycles. The van der Waals surface area contributed by atoms with E-state index in [0.717, 1.165) is 24.8 Å². The average Bonchev–Trinajstić information content (AvgIpc) is 2.55. The minimum atomic E-state index is -0.763. The van der Waals surface area contributed by atoms with Crippen molar-refractivity contribution in [2.45, 2.75) is 51.0 Å². The molecule has 1 atom stereocenters. The van der Waals surface area contributed by atoms with Gasteiger partial charge >= 0.3 is 0 Å². The maximum absolute atomic E-state index is 12.1. The molecule has 0 bridgehead atoms. The largest absolute Gasteiger partial charge is 0.396 e. The van der Waals surface area contributed by atoms with Gasteiger partial charge < -0.3 is 15.5 Å². The molecule has 0 aliphatic heterocycles. The number of aliphatic hydroxyl groups excluding tert-OH is 2. The van der Waals surface area contributed by atoms with Crippen LogP contribution in [0, 0.1) is 5.41 Å². The summed E-state index contributed by atoms with van der Waals surface area (Å²) in [5.41, 5.74) is 0.806. The van der Waals surface area contributed by atoms with Crippen LogP contribution in [0.25, 0.3) is 0 Å². The molecule has 0 spiro atoms. The Balaban J connectivity index is 1.83. The molecular weight excluding hydrogens is 278 g/mol. The van der Waals surface area contributed by atoms with Crippen LogP contribution in [-0.4, -0.2) is 29.3 Å². The molecule has 1 aromatic carbocycles. The molecule has 0 heterocycles. The molecule has 1 saturated carbocycles. The van der Waals surface area contributed by atoms with Gasteiger partial charge in [-0.25, -0.2) is 0 Å². The molecule has 3 N–H and O–H groups in total. The van der Waals surface area contributed by atoms with E-state index in [1.807, 2.05) is 30.3 Å². The number of hydrogen-bond donors (Lipinski definition) is 3. The molecule has 122 valence electrons. The topological polar surface area (TPSA) is 69.6 Å². The Labute approximate surface area is 132 Å². The molecule has 0 saturated heterocycles. The highest BCUT2D eigenvalue weighted by molar-refractivity contribution is 5.76. The summed E-state index contributed by atoms with van der Waals surface area (Å²) in [6.07, 6.45) is 5.78. The number of hydrogen-bond acceptors (Lipinski definition) is 3. The van der Waals surface area contributed by atoms with Crippen molar-refractivity contribution in [3.8, 4) is 0 Å². The van der Waals surface area contributed by atoms with Crippen LogP contribution >= 0.6 is 0 Å². The molecular formula is C18H27NO3. The summed E-state index contributed by atoms with van der Waals surface area (Å²) in [5, 5.41) is 22.4. The summed E-state index contributed by atoms with van der Waals surface area (Å²) in [7, 11) is 0. The van der Waals surface area contributed by atoms with Crippen molar-refractivity contribution < 1.29 is 15.0 Å². The lowest BCUT2D eigenvalue weighted by Gasteiger charge is -2.37. The fourth-order valence-electron chi connectivity index (χ4n) is 3.38. The van der Waals surface area contributed by atoms with E-state index in [9.17, 15) is 15.0 Å². The first kappa shape index (κ1) is 17.0. The van der Waals surface area contributed by atoms with Crippen molar-refractivity contribution in [1.29, 1.82) is 0 Å². The highest BCUT2D eigenvalue weighted by Gasteiger charge is 2.31. The third kappa shape index (κ3) is 4.82. The van der Waals surface area contributed by atoms with Crippen LogP contribution in [0.1, 0.15) is 56.6 Å². The van der Waals surface area contributed by atoms with Gasteiger partial charge in [-0.1, -0.05) is 49.6 Å². The fourth-order valence-corrected chi connectivity index (χ4v) is 3.38. The van der Waals surface area contributed by atoms with Crippen molar-refractivity contribution >= 4 is 5.91 Å². The molecule has 0 aromatic heterocycles. The number of rotatable bonds is 7. The van der Waals surface area contributed by atoms with E-state index < -0.39 is 6.10 Å². The normalized spacial score (nSPS) is 18.6. The number of nitrogens with one attached hydrogen (secondary N) is 1. The van der Waals surface area contributed by atoms with E-state index >= 15 is 0 Å². The Morgan fingerprint density at radius 2 is 1.86 bits per heavy atom. The van der Waals surface area contributed by atoms with Gasteiger partial charge in [0.2, 0.25) is 5.91 Å². The molecule has 1 aromatic rings. The number of carbonyl (C=O) groups excluding carboxylic acids is 1. The van der Waals surface area contributed by atoms with Crippen LogP contribution < -0.4 is 5.32 Å². The van der Waals surface area contributed by atoms with Gasteiger partial charge in [0.05, 0.1) is 12.5 Å². The molecule has 22 heavy (non-hydrogen) atoms. The minimum Gasteiger partial charge on any atom is -0.396 e. The molecule has 1 aliphatic rings. The van der Waals surface area contributed by atoms with Crippen molar-refractivity contribution in [2.24, 2.45) is 5.41 Å². The van der Waals surface area contributed by atoms with Crippen LogP contribution in [0.3, 0.4) is 0 Å². The minimum absolute atomic E-state index is 0.0420. The molecule has 4 heteroatoms. The Hall–Kier alpha value is -1.39. The summed E-state index contributed by atoms with van der Waals surface area (Å²) in [6, 6.07) is 9.25. The van der Waals surface area contributed by atoms with Crippen LogP contribution in [0.4, 0.5) is 0 Å². The van der Waals surface area contributed by atoms with Crippen LogP contribution in [0.15, 0.2) is 30.3 Å². The quantitative estimate of drug-likeness (QED) is 0.725. The highest BCUT2D eigenvalue weighted by Crippen LogP contribution is 2.38. The fraction of sp³-hybridized carbons (Fsp3) is 0.611. The zero-order chi connectivity index (χ0) is 15.8. The van der Waals surface area contributed by atoms with E-state index in [1.54, 1.807) is 0 Å². The average molecular weight is 305 g/mol. The molecule has 1 fully saturated rings. The molecule has 2 rings (SSSR count). The smallest absolute Gasteiger partial charge is 0.222 e. The van der Waals surface area contributed by atoms with Gasteiger partial charge in [0.15, 0.2) is 0 Å². The first-order valence-corrected chi connectivity index (χ1v) is 8.26. The first-order valence-electron chi connectivity index (χ1n) is 8.26. The molecule has 4 nitrogen and oxygen atoms in total. The second-order valence-corrected chi connectivity index (χ2v) is 6.44. The summed E-state index contributed by atoms with van der Waals surface area (Å²) in [5.74, 6) is -0.126. The lowest BCUT2D eigenvalue weighted by molar-refractivity contribution is -0.123. The van der Waals surface area contributed by atoms with Gasteiger partial charge in [-0.3, -0.25) is 4.79 Å². The second-order valence-electron chi connectivity index (χ2n) is 6.44. The van der Waals surface area contributed by atoms with E-state index in [-0.39, 0.29) is 24.3 Å². The predicted octanol–water partition coefficient (Wildman–Crippen LogP) is 2.56. The Bertz CT molecular complexity index is 449. The summed E-state index contributed by atoms with van der Waals surface area (Å²) < 4.78 is 0.